The van der Waals surface area contributed by atoms with Crippen LogP contribution >= 0.6 is 22.9 Å². The average Bonchev–Trinajstić information content (AvgIpc) is 3.34. The second-order valence-electron chi connectivity index (χ2n) is 8.84. The number of carbonyl (C=O) groups excluding carboxylic acids is 1. The van der Waals surface area contributed by atoms with Crippen LogP contribution in [0.4, 0.5) is 0 Å². The summed E-state index contributed by atoms with van der Waals surface area (Å²) in [7, 11) is -1.11. The summed E-state index contributed by atoms with van der Waals surface area (Å²) >= 11 is 7.93. The minimum atomic E-state index is -4.14. The largest absolute Gasteiger partial charge is 0.493 e. The van der Waals surface area contributed by atoms with E-state index in [-0.39, 0.29) is 22.4 Å². The minimum Gasteiger partial charge on any atom is -0.493 e. The number of methoxy groups -OCH3 is 2. The lowest BCUT2D eigenvalue weighted by atomic mass is 10.1. The van der Waals surface area contributed by atoms with E-state index in [9.17, 15) is 13.2 Å². The van der Waals surface area contributed by atoms with Gasteiger partial charge in [-0.15, -0.1) is 0 Å². The second kappa shape index (κ2) is 12.8. The van der Waals surface area contributed by atoms with E-state index < -0.39 is 16.1 Å². The number of hydrogen-bond acceptors (Lipinski definition) is 7. The average molecular weight is 579 g/mol. The Morgan fingerprint density at radius 3 is 2.47 bits per heavy atom. The Morgan fingerprint density at radius 2 is 1.82 bits per heavy atom. The summed E-state index contributed by atoms with van der Waals surface area (Å²) in [4.78, 5) is 13.0. The lowest BCUT2D eigenvalue weighted by Crippen LogP contribution is -2.48. The first-order valence-electron chi connectivity index (χ1n) is 12.3. The fraction of sp³-hybridized carbons (Fsp3) is 0.370. The molecule has 8 nitrogen and oxygen atoms in total. The van der Waals surface area contributed by atoms with Crippen LogP contribution in [0.5, 0.6) is 17.2 Å². The van der Waals surface area contributed by atoms with Crippen LogP contribution in [0.2, 0.25) is 5.02 Å². The van der Waals surface area contributed by atoms with Crippen molar-refractivity contribution in [1.82, 2.24) is 9.62 Å². The van der Waals surface area contributed by atoms with E-state index in [1.165, 1.54) is 36.2 Å². The number of ether oxygens (including phenoxy) is 3. The smallest absolute Gasteiger partial charge is 0.245 e. The van der Waals surface area contributed by atoms with Crippen LogP contribution in [-0.4, -0.2) is 52.0 Å². The summed E-state index contributed by atoms with van der Waals surface area (Å²) in [6, 6.07) is 10.8. The molecule has 0 aliphatic carbocycles. The number of nitrogens with one attached hydrogen (secondary N) is 1. The van der Waals surface area contributed by atoms with Crippen LogP contribution in [0.3, 0.4) is 0 Å². The molecule has 3 aromatic rings. The van der Waals surface area contributed by atoms with Gasteiger partial charge in [0.25, 0.3) is 0 Å². The van der Waals surface area contributed by atoms with Crippen molar-refractivity contribution in [2.75, 3.05) is 27.4 Å². The molecule has 2 heterocycles. The maximum Gasteiger partial charge on any atom is 0.245 e. The molecule has 1 amide bonds. The van der Waals surface area contributed by atoms with Gasteiger partial charge < -0.3 is 19.5 Å². The molecular weight excluding hydrogens is 548 g/mol. The number of nitrogens with zero attached hydrogens (tertiary/aromatic N) is 1. The van der Waals surface area contributed by atoms with E-state index in [0.717, 1.165) is 12.8 Å². The Balaban J connectivity index is 1.69. The molecule has 1 aromatic heterocycles. The third-order valence-electron chi connectivity index (χ3n) is 6.35. The highest BCUT2D eigenvalue weighted by atomic mass is 35.5. The third-order valence-corrected chi connectivity index (χ3v) is 9.44. The highest BCUT2D eigenvalue weighted by Gasteiger charge is 2.37. The predicted molar refractivity (Wildman–Crippen MR) is 148 cm³/mol. The molecule has 2 aromatic carbocycles. The number of carbonyl (C=O) groups is 1. The van der Waals surface area contributed by atoms with Crippen molar-refractivity contribution in [3.63, 3.8) is 0 Å². The summed E-state index contributed by atoms with van der Waals surface area (Å²) in [6.07, 6.45) is 2.61. The van der Waals surface area contributed by atoms with Gasteiger partial charge in [0.05, 0.1) is 25.8 Å². The fourth-order valence-electron chi connectivity index (χ4n) is 4.39. The van der Waals surface area contributed by atoms with Gasteiger partial charge in [-0.2, -0.15) is 15.6 Å². The van der Waals surface area contributed by atoms with E-state index in [2.05, 4.69) is 10.7 Å². The van der Waals surface area contributed by atoms with E-state index in [1.54, 1.807) is 35.6 Å². The maximum atomic E-state index is 13.9. The Morgan fingerprint density at radius 1 is 1.08 bits per heavy atom. The summed E-state index contributed by atoms with van der Waals surface area (Å²) in [5.74, 6) is 0.919. The number of rotatable bonds is 11. The summed E-state index contributed by atoms with van der Waals surface area (Å²) in [6.45, 7) is 0.833. The van der Waals surface area contributed by atoms with Gasteiger partial charge in [0.2, 0.25) is 21.7 Å². The predicted octanol–water partition coefficient (Wildman–Crippen LogP) is 4.90. The molecular formula is C27H31ClN2O6S2. The topological polar surface area (TPSA) is 94.2 Å². The van der Waals surface area contributed by atoms with Gasteiger partial charge in [-0.1, -0.05) is 23.7 Å². The van der Waals surface area contributed by atoms with Crippen molar-refractivity contribution in [3.8, 4) is 17.2 Å². The molecule has 11 heteroatoms. The number of benzene rings is 2. The lowest BCUT2D eigenvalue weighted by molar-refractivity contribution is -0.124. The van der Waals surface area contributed by atoms with Crippen molar-refractivity contribution >= 4 is 38.9 Å². The van der Waals surface area contributed by atoms with E-state index in [1.807, 2.05) is 11.4 Å². The van der Waals surface area contributed by atoms with E-state index in [4.69, 9.17) is 25.8 Å². The van der Waals surface area contributed by atoms with Crippen molar-refractivity contribution in [2.24, 2.45) is 0 Å². The molecule has 0 saturated carbocycles. The maximum absolute atomic E-state index is 13.9. The molecule has 0 unspecified atom stereocenters. The molecule has 1 aliphatic rings. The van der Waals surface area contributed by atoms with Gasteiger partial charge in [0, 0.05) is 19.5 Å². The number of amides is 1. The molecule has 0 radical (unpaired) electrons. The van der Waals surface area contributed by atoms with Crippen molar-refractivity contribution in [2.45, 2.75) is 43.2 Å². The Hall–Kier alpha value is -2.79. The molecule has 0 spiro atoms. The van der Waals surface area contributed by atoms with Gasteiger partial charge >= 0.3 is 0 Å². The fourth-order valence-corrected chi connectivity index (χ4v) is 7.20. The number of sulfonamides is 1. The molecule has 1 aliphatic heterocycles. The van der Waals surface area contributed by atoms with Crippen LogP contribution < -0.4 is 19.5 Å². The SMILES string of the molecule is COc1cc(CN([C@H]2CCCCNC2=O)S(=O)(=O)c2ccccc2Cl)cc(OC)c1OCCc1ccsc1. The van der Waals surface area contributed by atoms with Crippen LogP contribution in [0.1, 0.15) is 30.4 Å². The highest BCUT2D eigenvalue weighted by Crippen LogP contribution is 2.40. The Kier molecular flexibility index (Phi) is 9.54. The van der Waals surface area contributed by atoms with Gasteiger partial charge in [0.1, 0.15) is 10.9 Å². The number of hydrogen-bond donors (Lipinski definition) is 1. The number of halogens is 1. The monoisotopic (exact) mass is 578 g/mol. The van der Waals surface area contributed by atoms with Crippen molar-refractivity contribution in [1.29, 1.82) is 0 Å². The zero-order valence-electron chi connectivity index (χ0n) is 21.3. The lowest BCUT2D eigenvalue weighted by Gasteiger charge is -2.30. The first-order chi connectivity index (χ1) is 18.3. The molecule has 1 N–H and O–H groups in total. The van der Waals surface area contributed by atoms with Crippen LogP contribution in [-0.2, 0) is 27.8 Å². The molecule has 1 fully saturated rings. The summed E-state index contributed by atoms with van der Waals surface area (Å²) in [5, 5.41) is 7.02. The van der Waals surface area contributed by atoms with Gasteiger partial charge in [0.15, 0.2) is 11.5 Å². The molecule has 0 bridgehead atoms. The molecule has 1 atom stereocenters. The zero-order valence-corrected chi connectivity index (χ0v) is 23.7. The first kappa shape index (κ1) is 28.2. The van der Waals surface area contributed by atoms with Crippen LogP contribution in [0.25, 0.3) is 0 Å². The Bertz CT molecular complexity index is 1320. The van der Waals surface area contributed by atoms with Crippen molar-refractivity contribution in [3.05, 3.63) is 69.4 Å². The standard InChI is InChI=1S/C27H31ClN2O6S2/c1-34-23-15-20(16-24(35-2)26(23)36-13-10-19-11-14-37-18-19)17-30(22-8-5-6-12-29-27(22)31)38(32,33)25-9-4-3-7-21(25)28/h3-4,7,9,11,14-16,18,22H,5-6,8,10,12-13,17H2,1-2H3,(H,29,31)/t22-/m0/s1. The summed E-state index contributed by atoms with van der Waals surface area (Å²) in [5.41, 5.74) is 1.75. The van der Waals surface area contributed by atoms with E-state index in [0.29, 0.717) is 48.8 Å². The highest BCUT2D eigenvalue weighted by molar-refractivity contribution is 7.89. The van der Waals surface area contributed by atoms with E-state index >= 15 is 0 Å². The van der Waals surface area contributed by atoms with Gasteiger partial charge in [-0.25, -0.2) is 8.42 Å². The zero-order chi connectivity index (χ0) is 27.1. The van der Waals surface area contributed by atoms with Gasteiger partial charge in [-0.05, 0) is 71.5 Å². The quantitative estimate of drug-likeness (QED) is 0.348. The first-order valence-corrected chi connectivity index (χ1v) is 15.0. The molecule has 4 rings (SSSR count). The second-order valence-corrected chi connectivity index (χ2v) is 11.9. The van der Waals surface area contributed by atoms with Crippen LogP contribution in [0, 0.1) is 0 Å². The molecule has 204 valence electrons. The van der Waals surface area contributed by atoms with Crippen LogP contribution in [0.15, 0.2) is 58.1 Å². The third kappa shape index (κ3) is 6.43. The number of thiophene rings is 1. The molecule has 1 saturated heterocycles. The Labute approximate surface area is 232 Å². The van der Waals surface area contributed by atoms with Gasteiger partial charge in [-0.3, -0.25) is 4.79 Å². The van der Waals surface area contributed by atoms with Crippen molar-refractivity contribution < 1.29 is 27.4 Å². The molecule has 38 heavy (non-hydrogen) atoms. The minimum absolute atomic E-state index is 0.0500. The normalized spacial score (nSPS) is 16.1. The summed E-state index contributed by atoms with van der Waals surface area (Å²) < 4.78 is 46.3.